The highest BCUT2D eigenvalue weighted by molar-refractivity contribution is 6.35. The number of hydrogen-bond donors (Lipinski definition) is 3. The quantitative estimate of drug-likeness (QED) is 0.785. The third kappa shape index (κ3) is 2.47. The Balaban J connectivity index is 1.88. The number of amides is 1. The lowest BCUT2D eigenvalue weighted by molar-refractivity contribution is -0.117. The van der Waals surface area contributed by atoms with E-state index in [1.165, 1.54) is 0 Å². The summed E-state index contributed by atoms with van der Waals surface area (Å²) in [5.41, 5.74) is 1.28. The zero-order valence-electron chi connectivity index (χ0n) is 10.6. The molecule has 1 amide bonds. The van der Waals surface area contributed by atoms with Gasteiger partial charge in [0.1, 0.15) is 0 Å². The molecule has 5 nitrogen and oxygen atoms in total. The fourth-order valence-corrected chi connectivity index (χ4v) is 2.59. The first kappa shape index (κ1) is 13.3. The molecule has 1 aliphatic heterocycles. The van der Waals surface area contributed by atoms with E-state index in [4.69, 9.17) is 11.6 Å². The van der Waals surface area contributed by atoms with E-state index in [1.807, 2.05) is 6.07 Å². The first-order valence-corrected chi connectivity index (χ1v) is 6.78. The molecule has 2 atom stereocenters. The molecule has 2 heterocycles. The van der Waals surface area contributed by atoms with Crippen LogP contribution in [0, 0.1) is 0 Å². The topological polar surface area (TPSA) is 74.2 Å². The van der Waals surface area contributed by atoms with E-state index in [-0.39, 0.29) is 11.9 Å². The molecule has 0 aliphatic carbocycles. The molecule has 20 heavy (non-hydrogen) atoms. The molecule has 1 aromatic heterocycles. The Hall–Kier alpha value is -1.69. The first-order valence-electron chi connectivity index (χ1n) is 6.40. The number of nitrogens with one attached hydrogen (secondary N) is 2. The molecule has 2 unspecified atom stereocenters. The van der Waals surface area contributed by atoms with Crippen LogP contribution >= 0.6 is 11.6 Å². The van der Waals surface area contributed by atoms with Crippen molar-refractivity contribution in [3.8, 4) is 0 Å². The van der Waals surface area contributed by atoms with Gasteiger partial charge >= 0.3 is 0 Å². The Bertz CT molecular complexity index is 662. The zero-order chi connectivity index (χ0) is 14.1. The predicted octanol–water partition coefficient (Wildman–Crippen LogP) is 1.55. The molecule has 3 rings (SSSR count). The number of hydrogen-bond acceptors (Lipinski definition) is 4. The molecule has 6 heteroatoms. The number of carbonyl (C=O) groups excluding carboxylic acids is 1. The Morgan fingerprint density at radius 1 is 1.45 bits per heavy atom. The number of fused-ring (bicyclic) bond motifs is 1. The van der Waals surface area contributed by atoms with Crippen LogP contribution in [0.25, 0.3) is 10.9 Å². The van der Waals surface area contributed by atoms with E-state index >= 15 is 0 Å². The van der Waals surface area contributed by atoms with Gasteiger partial charge in [0.2, 0.25) is 5.91 Å². The molecule has 1 fully saturated rings. The van der Waals surface area contributed by atoms with E-state index in [2.05, 4.69) is 15.6 Å². The van der Waals surface area contributed by atoms with Crippen molar-refractivity contribution in [1.29, 1.82) is 0 Å². The molecule has 1 aliphatic rings. The molecule has 0 saturated carbocycles. The summed E-state index contributed by atoms with van der Waals surface area (Å²) in [6.07, 6.45) is 1.61. The monoisotopic (exact) mass is 291 g/mol. The summed E-state index contributed by atoms with van der Waals surface area (Å²) in [5, 5.41) is 16.7. The summed E-state index contributed by atoms with van der Waals surface area (Å²) >= 11 is 6.11. The lowest BCUT2D eigenvalue weighted by atomic mass is 10.1. The van der Waals surface area contributed by atoms with Crippen molar-refractivity contribution in [3.05, 3.63) is 35.5 Å². The molecule has 104 valence electrons. The molecule has 3 N–H and O–H groups in total. The molecule has 2 aromatic rings. The Kier molecular flexibility index (Phi) is 3.56. The minimum atomic E-state index is -0.467. The summed E-state index contributed by atoms with van der Waals surface area (Å²) in [6.45, 7) is 0.442. The van der Waals surface area contributed by atoms with Crippen LogP contribution in [0.5, 0.6) is 0 Å². The SMILES string of the molecule is O=C(Nc1ccc(Cl)c2cccnc12)C1CC(O)CN1. The number of aliphatic hydroxyl groups is 1. The highest BCUT2D eigenvalue weighted by atomic mass is 35.5. The van der Waals surface area contributed by atoms with Gasteiger partial charge in [0.15, 0.2) is 0 Å². The lowest BCUT2D eigenvalue weighted by Gasteiger charge is -2.13. The van der Waals surface area contributed by atoms with E-state index in [1.54, 1.807) is 24.4 Å². The van der Waals surface area contributed by atoms with Crippen molar-refractivity contribution < 1.29 is 9.90 Å². The van der Waals surface area contributed by atoms with Crippen LogP contribution in [0.3, 0.4) is 0 Å². The van der Waals surface area contributed by atoms with Crippen LogP contribution in [0.15, 0.2) is 30.5 Å². The second kappa shape index (κ2) is 5.36. The molecule has 1 saturated heterocycles. The fourth-order valence-electron chi connectivity index (χ4n) is 2.38. The molecule has 1 aromatic carbocycles. The van der Waals surface area contributed by atoms with Gasteiger partial charge in [-0.05, 0) is 30.7 Å². The maximum Gasteiger partial charge on any atom is 0.241 e. The maximum absolute atomic E-state index is 12.1. The van der Waals surface area contributed by atoms with Gasteiger partial charge in [0.05, 0.1) is 28.4 Å². The average Bonchev–Trinajstić information content (AvgIpc) is 2.89. The highest BCUT2D eigenvalue weighted by Crippen LogP contribution is 2.28. The largest absolute Gasteiger partial charge is 0.392 e. The number of halogens is 1. The van der Waals surface area contributed by atoms with E-state index in [0.717, 1.165) is 5.39 Å². The minimum Gasteiger partial charge on any atom is -0.392 e. The average molecular weight is 292 g/mol. The zero-order valence-corrected chi connectivity index (χ0v) is 11.4. The highest BCUT2D eigenvalue weighted by Gasteiger charge is 2.28. The molecule has 0 bridgehead atoms. The number of aliphatic hydroxyl groups excluding tert-OH is 1. The Labute approximate surface area is 121 Å². The van der Waals surface area contributed by atoms with E-state index in [0.29, 0.717) is 29.2 Å². The number of aromatic nitrogens is 1. The van der Waals surface area contributed by atoms with Gasteiger partial charge in [-0.1, -0.05) is 11.6 Å². The number of anilines is 1. The fraction of sp³-hybridized carbons (Fsp3) is 0.286. The van der Waals surface area contributed by atoms with Gasteiger partial charge in [-0.3, -0.25) is 9.78 Å². The number of benzene rings is 1. The van der Waals surface area contributed by atoms with Gasteiger partial charge in [-0.25, -0.2) is 0 Å². The van der Waals surface area contributed by atoms with Gasteiger partial charge in [-0.2, -0.15) is 0 Å². The molecule has 0 radical (unpaired) electrons. The van der Waals surface area contributed by atoms with Crippen LogP contribution < -0.4 is 10.6 Å². The van der Waals surface area contributed by atoms with E-state index < -0.39 is 6.10 Å². The van der Waals surface area contributed by atoms with Crippen molar-refractivity contribution in [3.63, 3.8) is 0 Å². The number of β-amino-alcohol motifs (C(OH)–C–C–N with tert-alkyl or cyclic N) is 1. The van der Waals surface area contributed by atoms with Gasteiger partial charge < -0.3 is 15.7 Å². The van der Waals surface area contributed by atoms with E-state index in [9.17, 15) is 9.90 Å². The second-order valence-corrected chi connectivity index (χ2v) is 5.24. The predicted molar refractivity (Wildman–Crippen MR) is 77.8 cm³/mol. The molecular formula is C14H14ClN3O2. The minimum absolute atomic E-state index is 0.171. The van der Waals surface area contributed by atoms with Crippen LogP contribution in [0.4, 0.5) is 5.69 Å². The Morgan fingerprint density at radius 2 is 2.30 bits per heavy atom. The van der Waals surface area contributed by atoms with Crippen LogP contribution in [0.2, 0.25) is 5.02 Å². The van der Waals surface area contributed by atoms with Crippen molar-refractivity contribution >= 4 is 34.1 Å². The van der Waals surface area contributed by atoms with Gasteiger partial charge in [0, 0.05) is 18.1 Å². The van der Waals surface area contributed by atoms with Crippen molar-refractivity contribution in [2.45, 2.75) is 18.6 Å². The summed E-state index contributed by atoms with van der Waals surface area (Å²) in [4.78, 5) is 16.4. The van der Waals surface area contributed by atoms with Crippen molar-refractivity contribution in [2.75, 3.05) is 11.9 Å². The third-order valence-electron chi connectivity index (χ3n) is 3.40. The number of pyridine rings is 1. The number of carbonyl (C=O) groups is 1. The summed E-state index contributed by atoms with van der Waals surface area (Å²) in [7, 11) is 0. The summed E-state index contributed by atoms with van der Waals surface area (Å²) in [5.74, 6) is -0.171. The normalized spacial score (nSPS) is 22.1. The third-order valence-corrected chi connectivity index (χ3v) is 3.73. The van der Waals surface area contributed by atoms with Crippen LogP contribution in [-0.4, -0.2) is 34.7 Å². The summed E-state index contributed by atoms with van der Waals surface area (Å²) < 4.78 is 0. The Morgan fingerprint density at radius 3 is 3.05 bits per heavy atom. The van der Waals surface area contributed by atoms with Crippen LogP contribution in [-0.2, 0) is 4.79 Å². The summed E-state index contributed by atoms with van der Waals surface area (Å²) in [6, 6.07) is 6.76. The maximum atomic E-state index is 12.1. The second-order valence-electron chi connectivity index (χ2n) is 4.83. The smallest absolute Gasteiger partial charge is 0.241 e. The van der Waals surface area contributed by atoms with Gasteiger partial charge in [0.25, 0.3) is 0 Å². The van der Waals surface area contributed by atoms with Crippen LogP contribution in [0.1, 0.15) is 6.42 Å². The molecular weight excluding hydrogens is 278 g/mol. The van der Waals surface area contributed by atoms with Crippen molar-refractivity contribution in [2.24, 2.45) is 0 Å². The lowest BCUT2D eigenvalue weighted by Crippen LogP contribution is -2.35. The number of nitrogens with zero attached hydrogens (tertiary/aromatic N) is 1. The number of rotatable bonds is 2. The first-order chi connectivity index (χ1) is 9.65. The van der Waals surface area contributed by atoms with Gasteiger partial charge in [-0.15, -0.1) is 0 Å². The standard InChI is InChI=1S/C14H14ClN3O2/c15-10-3-4-11(13-9(10)2-1-5-16-13)18-14(20)12-6-8(19)7-17-12/h1-5,8,12,17,19H,6-7H2,(H,18,20). The molecule has 0 spiro atoms. The van der Waals surface area contributed by atoms with Crippen molar-refractivity contribution in [1.82, 2.24) is 10.3 Å².